The zero-order valence-corrected chi connectivity index (χ0v) is 9.84. The Morgan fingerprint density at radius 2 is 2.29 bits per heavy atom. The van der Waals surface area contributed by atoms with Gasteiger partial charge in [0, 0.05) is 18.7 Å². The number of carbonyl (C=O) groups is 2. The highest BCUT2D eigenvalue weighted by Crippen LogP contribution is 2.24. The molecule has 0 N–H and O–H groups in total. The number of nitrogens with zero attached hydrogens (tertiary/aromatic N) is 2. The van der Waals surface area contributed by atoms with E-state index in [4.69, 9.17) is 0 Å². The molecule has 1 unspecified atom stereocenters. The van der Waals surface area contributed by atoms with E-state index in [1.165, 1.54) is 12.0 Å². The zero-order chi connectivity index (χ0) is 12.4. The molecule has 5 nitrogen and oxygen atoms in total. The molecule has 2 rings (SSSR count). The first kappa shape index (κ1) is 11.6. The summed E-state index contributed by atoms with van der Waals surface area (Å²) < 4.78 is 4.65. The highest BCUT2D eigenvalue weighted by atomic mass is 16.5. The van der Waals surface area contributed by atoms with Gasteiger partial charge in [0.15, 0.2) is 0 Å². The Balaban J connectivity index is 2.18. The minimum atomic E-state index is -0.380. The molecule has 1 aliphatic heterocycles. The van der Waals surface area contributed by atoms with Gasteiger partial charge in [-0.3, -0.25) is 14.5 Å². The van der Waals surface area contributed by atoms with Crippen molar-refractivity contribution in [1.29, 1.82) is 0 Å². The fourth-order valence-electron chi connectivity index (χ4n) is 1.93. The molecular formula is C12H14N2O3. The number of methoxy groups -OCH3 is 1. The zero-order valence-electron chi connectivity index (χ0n) is 9.84. The van der Waals surface area contributed by atoms with E-state index >= 15 is 0 Å². The van der Waals surface area contributed by atoms with Crippen molar-refractivity contribution in [3.8, 4) is 0 Å². The lowest BCUT2D eigenvalue weighted by Crippen LogP contribution is -2.27. The van der Waals surface area contributed by atoms with Crippen molar-refractivity contribution in [2.75, 3.05) is 18.6 Å². The molecule has 1 aromatic rings. The van der Waals surface area contributed by atoms with Crippen LogP contribution in [0.15, 0.2) is 18.2 Å². The smallest absolute Gasteiger partial charge is 0.311 e. The van der Waals surface area contributed by atoms with Crippen LogP contribution in [0, 0.1) is 12.8 Å². The van der Waals surface area contributed by atoms with Gasteiger partial charge < -0.3 is 4.74 Å². The van der Waals surface area contributed by atoms with Crippen LogP contribution >= 0.6 is 0 Å². The number of aromatic nitrogens is 1. The minimum absolute atomic E-state index is 0.0847. The summed E-state index contributed by atoms with van der Waals surface area (Å²) in [7, 11) is 1.33. The Kier molecular flexibility index (Phi) is 3.08. The number of amides is 1. The molecule has 17 heavy (non-hydrogen) atoms. The molecule has 0 aromatic carbocycles. The molecule has 0 radical (unpaired) electrons. The molecule has 0 spiro atoms. The van der Waals surface area contributed by atoms with Gasteiger partial charge in [0.2, 0.25) is 5.91 Å². The number of carbonyl (C=O) groups excluding carboxylic acids is 2. The number of esters is 1. The van der Waals surface area contributed by atoms with Gasteiger partial charge in [0.1, 0.15) is 5.82 Å². The van der Waals surface area contributed by atoms with Crippen molar-refractivity contribution in [3.05, 3.63) is 23.9 Å². The molecule has 1 fully saturated rings. The van der Waals surface area contributed by atoms with Gasteiger partial charge in [0.05, 0.1) is 13.0 Å². The van der Waals surface area contributed by atoms with E-state index in [1.807, 2.05) is 19.1 Å². The van der Waals surface area contributed by atoms with Crippen molar-refractivity contribution in [3.63, 3.8) is 0 Å². The second kappa shape index (κ2) is 4.53. The molecule has 1 atom stereocenters. The third-order valence-electron chi connectivity index (χ3n) is 2.81. The van der Waals surface area contributed by atoms with Gasteiger partial charge >= 0.3 is 5.97 Å². The summed E-state index contributed by atoms with van der Waals surface area (Å²) in [6.07, 6.45) is 0.197. The molecule has 2 heterocycles. The number of anilines is 1. The largest absolute Gasteiger partial charge is 0.469 e. The molecule has 5 heteroatoms. The predicted molar refractivity (Wildman–Crippen MR) is 61.5 cm³/mol. The third kappa shape index (κ3) is 2.27. The summed E-state index contributed by atoms with van der Waals surface area (Å²) in [4.78, 5) is 29.0. The van der Waals surface area contributed by atoms with Gasteiger partial charge in [-0.25, -0.2) is 4.98 Å². The van der Waals surface area contributed by atoms with Crippen LogP contribution < -0.4 is 4.90 Å². The van der Waals surface area contributed by atoms with E-state index in [2.05, 4.69) is 9.72 Å². The number of hydrogen-bond acceptors (Lipinski definition) is 4. The summed E-state index contributed by atoms with van der Waals surface area (Å²) in [6.45, 7) is 2.21. The van der Waals surface area contributed by atoms with Crippen molar-refractivity contribution >= 4 is 17.7 Å². The van der Waals surface area contributed by atoms with Crippen molar-refractivity contribution in [2.24, 2.45) is 5.92 Å². The van der Waals surface area contributed by atoms with E-state index in [0.29, 0.717) is 12.4 Å². The topological polar surface area (TPSA) is 59.5 Å². The number of pyridine rings is 1. The number of ether oxygens (including phenoxy) is 1. The van der Waals surface area contributed by atoms with Gasteiger partial charge in [0.25, 0.3) is 0 Å². The quantitative estimate of drug-likeness (QED) is 0.714. The molecule has 0 aliphatic carbocycles. The van der Waals surface area contributed by atoms with E-state index in [-0.39, 0.29) is 24.2 Å². The van der Waals surface area contributed by atoms with Crippen molar-refractivity contribution in [2.45, 2.75) is 13.3 Å². The molecule has 1 aliphatic rings. The van der Waals surface area contributed by atoms with E-state index in [1.54, 1.807) is 6.07 Å². The van der Waals surface area contributed by atoms with Gasteiger partial charge in [-0.15, -0.1) is 0 Å². The lowest BCUT2D eigenvalue weighted by molar-refractivity contribution is -0.145. The molecule has 90 valence electrons. The first-order valence-corrected chi connectivity index (χ1v) is 5.43. The lowest BCUT2D eigenvalue weighted by atomic mass is 10.1. The summed E-state index contributed by atoms with van der Waals surface area (Å²) >= 11 is 0. The van der Waals surface area contributed by atoms with Crippen LogP contribution in [0.3, 0.4) is 0 Å². The Hall–Kier alpha value is -1.91. The molecule has 1 amide bonds. The fourth-order valence-corrected chi connectivity index (χ4v) is 1.93. The molecule has 1 saturated heterocycles. The normalized spacial score (nSPS) is 19.5. The standard InChI is InChI=1S/C12H14N2O3/c1-8-4-3-5-10(13-8)14-7-9(6-11(14)15)12(16)17-2/h3-5,9H,6-7H2,1-2H3. The van der Waals surface area contributed by atoms with Crippen LogP contribution in [0.4, 0.5) is 5.82 Å². The van der Waals surface area contributed by atoms with Crippen molar-refractivity contribution < 1.29 is 14.3 Å². The maximum atomic E-state index is 11.8. The van der Waals surface area contributed by atoms with Crippen LogP contribution in [0.1, 0.15) is 12.1 Å². The van der Waals surface area contributed by atoms with E-state index in [0.717, 1.165) is 5.69 Å². The first-order chi connectivity index (χ1) is 8.11. The van der Waals surface area contributed by atoms with E-state index in [9.17, 15) is 9.59 Å². The van der Waals surface area contributed by atoms with E-state index < -0.39 is 0 Å². The number of rotatable bonds is 2. The second-order valence-corrected chi connectivity index (χ2v) is 4.07. The van der Waals surface area contributed by atoms with Gasteiger partial charge in [-0.2, -0.15) is 0 Å². The maximum Gasteiger partial charge on any atom is 0.311 e. The summed E-state index contributed by atoms with van der Waals surface area (Å²) in [5.74, 6) is -0.205. The second-order valence-electron chi connectivity index (χ2n) is 4.07. The molecule has 0 saturated carbocycles. The predicted octanol–water partition coefficient (Wildman–Crippen LogP) is 0.916. The SMILES string of the molecule is COC(=O)C1CC(=O)N(c2cccc(C)n2)C1. The number of hydrogen-bond donors (Lipinski definition) is 0. The first-order valence-electron chi connectivity index (χ1n) is 5.43. The summed E-state index contributed by atoms with van der Waals surface area (Å²) in [5.41, 5.74) is 0.844. The average Bonchev–Trinajstić information content (AvgIpc) is 2.70. The van der Waals surface area contributed by atoms with Gasteiger partial charge in [-0.1, -0.05) is 6.07 Å². The van der Waals surface area contributed by atoms with Crippen molar-refractivity contribution in [1.82, 2.24) is 4.98 Å². The van der Waals surface area contributed by atoms with Crippen LogP contribution in [0.25, 0.3) is 0 Å². The lowest BCUT2D eigenvalue weighted by Gasteiger charge is -2.15. The molecular weight excluding hydrogens is 220 g/mol. The Labute approximate surface area is 99.4 Å². The Bertz CT molecular complexity index is 459. The fraction of sp³-hybridized carbons (Fsp3) is 0.417. The average molecular weight is 234 g/mol. The van der Waals surface area contributed by atoms with Gasteiger partial charge in [-0.05, 0) is 19.1 Å². The maximum absolute atomic E-state index is 11.8. The summed E-state index contributed by atoms with van der Waals surface area (Å²) in [5, 5.41) is 0. The van der Waals surface area contributed by atoms with Crippen LogP contribution in [-0.2, 0) is 14.3 Å². The molecule has 1 aromatic heterocycles. The molecule has 0 bridgehead atoms. The van der Waals surface area contributed by atoms with Crippen LogP contribution in [-0.4, -0.2) is 30.5 Å². The highest BCUT2D eigenvalue weighted by molar-refractivity contribution is 5.98. The third-order valence-corrected chi connectivity index (χ3v) is 2.81. The summed E-state index contributed by atoms with van der Waals surface area (Å²) in [6, 6.07) is 5.48. The Morgan fingerprint density at radius 3 is 2.94 bits per heavy atom. The minimum Gasteiger partial charge on any atom is -0.469 e. The highest BCUT2D eigenvalue weighted by Gasteiger charge is 2.36. The Morgan fingerprint density at radius 1 is 1.53 bits per heavy atom. The number of aryl methyl sites for hydroxylation is 1. The van der Waals surface area contributed by atoms with Crippen LogP contribution in [0.5, 0.6) is 0 Å². The van der Waals surface area contributed by atoms with Crippen LogP contribution in [0.2, 0.25) is 0 Å². The monoisotopic (exact) mass is 234 g/mol.